The molecule has 4 N–H and O–H groups in total. The lowest BCUT2D eigenvalue weighted by molar-refractivity contribution is -0.125. The number of aliphatic hydroxyl groups is 1. The van der Waals surface area contributed by atoms with Gasteiger partial charge in [-0.15, -0.1) is 0 Å². The Kier molecular flexibility index (Phi) is 5.73. The second-order valence-electron chi connectivity index (χ2n) is 5.69. The molecular weight excluding hydrogens is 268 g/mol. The molecule has 0 spiro atoms. The molecular formula is C16H24N2O3. The average Bonchev–Trinajstić information content (AvgIpc) is 2.52. The van der Waals surface area contributed by atoms with E-state index in [0.29, 0.717) is 32.5 Å². The minimum absolute atomic E-state index is 0.203. The van der Waals surface area contributed by atoms with Crippen molar-refractivity contribution in [3.05, 3.63) is 35.9 Å². The Morgan fingerprint density at radius 2 is 2.00 bits per heavy atom. The third-order valence-corrected chi connectivity index (χ3v) is 3.94. The summed E-state index contributed by atoms with van der Waals surface area (Å²) in [4.78, 5) is 12.0. The van der Waals surface area contributed by atoms with Crippen LogP contribution in [0.1, 0.15) is 24.8 Å². The maximum Gasteiger partial charge on any atom is 0.237 e. The van der Waals surface area contributed by atoms with Gasteiger partial charge in [-0.1, -0.05) is 30.3 Å². The van der Waals surface area contributed by atoms with E-state index in [1.54, 1.807) is 0 Å². The molecule has 21 heavy (non-hydrogen) atoms. The van der Waals surface area contributed by atoms with E-state index in [9.17, 15) is 9.90 Å². The minimum Gasteiger partial charge on any atom is -0.388 e. The molecule has 1 saturated heterocycles. The molecule has 0 bridgehead atoms. The Hall–Kier alpha value is -1.43. The van der Waals surface area contributed by atoms with Gasteiger partial charge >= 0.3 is 0 Å². The van der Waals surface area contributed by atoms with Gasteiger partial charge in [0.15, 0.2) is 0 Å². The lowest BCUT2D eigenvalue weighted by Crippen LogP contribution is -2.50. The van der Waals surface area contributed by atoms with Crippen molar-refractivity contribution in [2.45, 2.75) is 37.3 Å². The number of carbonyl (C=O) groups excluding carboxylic acids is 1. The normalized spacial score (nSPS) is 19.0. The quantitative estimate of drug-likeness (QED) is 0.717. The molecule has 1 aliphatic rings. The molecule has 1 aromatic rings. The number of nitrogens with one attached hydrogen (secondary N) is 1. The van der Waals surface area contributed by atoms with Gasteiger partial charge < -0.3 is 20.9 Å². The van der Waals surface area contributed by atoms with Gasteiger partial charge in [0, 0.05) is 32.6 Å². The van der Waals surface area contributed by atoms with Gasteiger partial charge in [0.05, 0.1) is 11.6 Å². The van der Waals surface area contributed by atoms with Crippen LogP contribution in [-0.4, -0.2) is 42.4 Å². The highest BCUT2D eigenvalue weighted by atomic mass is 16.5. The third-order valence-electron chi connectivity index (χ3n) is 3.94. The molecule has 0 unspecified atom stereocenters. The number of nitrogens with two attached hydrogens (primary N) is 1. The molecule has 5 heteroatoms. The van der Waals surface area contributed by atoms with Crippen molar-refractivity contribution in [3.8, 4) is 0 Å². The molecule has 0 radical (unpaired) electrons. The predicted molar refractivity (Wildman–Crippen MR) is 80.8 cm³/mol. The standard InChI is InChI=1S/C16H24N2O3/c17-14(7-6-13-4-2-1-3-5-13)15(19)18-12-16(20)8-10-21-11-9-16/h1-5,14,20H,6-12,17H2,(H,18,19)/t14-/m0/s1. The van der Waals surface area contributed by atoms with Crippen molar-refractivity contribution >= 4 is 5.91 Å². The van der Waals surface area contributed by atoms with Gasteiger partial charge in [-0.25, -0.2) is 0 Å². The summed E-state index contributed by atoms with van der Waals surface area (Å²) in [6, 6.07) is 9.41. The summed E-state index contributed by atoms with van der Waals surface area (Å²) in [7, 11) is 0. The van der Waals surface area contributed by atoms with Crippen molar-refractivity contribution in [2.24, 2.45) is 5.73 Å². The summed E-state index contributed by atoms with van der Waals surface area (Å²) in [6.07, 6.45) is 2.46. The van der Waals surface area contributed by atoms with E-state index >= 15 is 0 Å². The number of hydrogen-bond acceptors (Lipinski definition) is 4. The Morgan fingerprint density at radius 1 is 1.33 bits per heavy atom. The number of benzene rings is 1. The molecule has 0 saturated carbocycles. The largest absolute Gasteiger partial charge is 0.388 e. The first kappa shape index (κ1) is 15.9. The lowest BCUT2D eigenvalue weighted by atomic mass is 9.94. The van der Waals surface area contributed by atoms with E-state index in [1.165, 1.54) is 5.56 Å². The van der Waals surface area contributed by atoms with Gasteiger partial charge in [-0.2, -0.15) is 0 Å². The number of rotatable bonds is 6. The fourth-order valence-electron chi connectivity index (χ4n) is 2.41. The van der Waals surface area contributed by atoms with Crippen LogP contribution >= 0.6 is 0 Å². The first-order valence-electron chi connectivity index (χ1n) is 7.46. The van der Waals surface area contributed by atoms with E-state index in [4.69, 9.17) is 10.5 Å². The second-order valence-corrected chi connectivity index (χ2v) is 5.69. The van der Waals surface area contributed by atoms with Gasteiger partial charge in [0.1, 0.15) is 0 Å². The maximum atomic E-state index is 12.0. The molecule has 0 aromatic heterocycles. The summed E-state index contributed by atoms with van der Waals surface area (Å²) >= 11 is 0. The zero-order valence-corrected chi connectivity index (χ0v) is 12.3. The fourth-order valence-corrected chi connectivity index (χ4v) is 2.41. The molecule has 1 atom stereocenters. The number of ether oxygens (including phenoxy) is 1. The Balaban J connectivity index is 1.72. The van der Waals surface area contributed by atoms with Gasteiger partial charge in [0.25, 0.3) is 0 Å². The van der Waals surface area contributed by atoms with Crippen molar-refractivity contribution < 1.29 is 14.6 Å². The van der Waals surface area contributed by atoms with E-state index in [-0.39, 0.29) is 12.5 Å². The monoisotopic (exact) mass is 292 g/mol. The Labute approximate surface area is 125 Å². The van der Waals surface area contributed by atoms with Crippen LogP contribution < -0.4 is 11.1 Å². The summed E-state index contributed by atoms with van der Waals surface area (Å²) in [5.74, 6) is -0.203. The second kappa shape index (κ2) is 7.54. The number of aryl methyl sites for hydroxylation is 1. The lowest BCUT2D eigenvalue weighted by Gasteiger charge is -2.32. The van der Waals surface area contributed by atoms with Crippen LogP contribution in [0, 0.1) is 0 Å². The number of hydrogen-bond donors (Lipinski definition) is 3. The minimum atomic E-state index is -0.854. The molecule has 2 rings (SSSR count). The van der Waals surface area contributed by atoms with Gasteiger partial charge in [-0.05, 0) is 18.4 Å². The van der Waals surface area contributed by atoms with Gasteiger partial charge in [-0.3, -0.25) is 4.79 Å². The van der Waals surface area contributed by atoms with E-state index in [1.807, 2.05) is 30.3 Å². The summed E-state index contributed by atoms with van der Waals surface area (Å²) < 4.78 is 5.21. The summed E-state index contributed by atoms with van der Waals surface area (Å²) in [5.41, 5.74) is 6.22. The summed E-state index contributed by atoms with van der Waals surface area (Å²) in [5, 5.41) is 13.0. The van der Waals surface area contributed by atoms with Crippen LogP contribution in [0.3, 0.4) is 0 Å². The zero-order valence-electron chi connectivity index (χ0n) is 12.3. The van der Waals surface area contributed by atoms with E-state index in [2.05, 4.69) is 5.32 Å². The van der Waals surface area contributed by atoms with Crippen LogP contribution in [0.15, 0.2) is 30.3 Å². The molecule has 5 nitrogen and oxygen atoms in total. The summed E-state index contributed by atoms with van der Waals surface area (Å²) in [6.45, 7) is 1.31. The fraction of sp³-hybridized carbons (Fsp3) is 0.562. The van der Waals surface area contributed by atoms with E-state index in [0.717, 1.165) is 6.42 Å². The topological polar surface area (TPSA) is 84.6 Å². The van der Waals surface area contributed by atoms with Gasteiger partial charge in [0.2, 0.25) is 5.91 Å². The Bertz CT molecular complexity index is 444. The number of carbonyl (C=O) groups is 1. The van der Waals surface area contributed by atoms with Crippen molar-refractivity contribution in [1.82, 2.24) is 5.32 Å². The Morgan fingerprint density at radius 3 is 2.67 bits per heavy atom. The van der Waals surface area contributed by atoms with Crippen LogP contribution in [-0.2, 0) is 16.0 Å². The van der Waals surface area contributed by atoms with Crippen molar-refractivity contribution in [3.63, 3.8) is 0 Å². The molecule has 1 aliphatic heterocycles. The molecule has 1 amide bonds. The van der Waals surface area contributed by atoms with Crippen LogP contribution in [0.4, 0.5) is 0 Å². The predicted octanol–water partition coefficient (Wildman–Crippen LogP) is 0.604. The SMILES string of the molecule is N[C@@H](CCc1ccccc1)C(=O)NCC1(O)CCOCC1. The maximum absolute atomic E-state index is 12.0. The average molecular weight is 292 g/mol. The highest BCUT2D eigenvalue weighted by molar-refractivity contribution is 5.81. The van der Waals surface area contributed by atoms with Crippen LogP contribution in [0.2, 0.25) is 0 Å². The molecule has 0 aliphatic carbocycles. The van der Waals surface area contributed by atoms with Crippen LogP contribution in [0.5, 0.6) is 0 Å². The number of amides is 1. The van der Waals surface area contributed by atoms with Crippen molar-refractivity contribution in [2.75, 3.05) is 19.8 Å². The highest BCUT2D eigenvalue weighted by Crippen LogP contribution is 2.19. The van der Waals surface area contributed by atoms with E-state index < -0.39 is 11.6 Å². The highest BCUT2D eigenvalue weighted by Gasteiger charge is 2.30. The van der Waals surface area contributed by atoms with Crippen molar-refractivity contribution in [1.29, 1.82) is 0 Å². The first-order valence-corrected chi connectivity index (χ1v) is 7.46. The first-order chi connectivity index (χ1) is 10.1. The smallest absolute Gasteiger partial charge is 0.237 e. The molecule has 116 valence electrons. The molecule has 1 aromatic carbocycles. The molecule has 1 fully saturated rings. The zero-order chi connectivity index (χ0) is 15.1. The molecule has 1 heterocycles. The third kappa shape index (κ3) is 5.12. The van der Waals surface area contributed by atoms with Crippen LogP contribution in [0.25, 0.3) is 0 Å².